The second-order valence-electron chi connectivity index (χ2n) is 4.61. The molecule has 2 atom stereocenters. The lowest BCUT2D eigenvalue weighted by Gasteiger charge is -2.19. The van der Waals surface area contributed by atoms with Crippen LogP contribution in [0.3, 0.4) is 0 Å². The van der Waals surface area contributed by atoms with Crippen LogP contribution >= 0.6 is 15.9 Å². The summed E-state index contributed by atoms with van der Waals surface area (Å²) in [5, 5.41) is 0. The van der Waals surface area contributed by atoms with E-state index in [4.69, 9.17) is 10.5 Å². The minimum Gasteiger partial charge on any atom is -0.496 e. The van der Waals surface area contributed by atoms with Crippen LogP contribution in [0.25, 0.3) is 0 Å². The summed E-state index contributed by atoms with van der Waals surface area (Å²) in [6, 6.07) is 5.57. The molecule has 19 heavy (non-hydrogen) atoms. The molecule has 0 saturated heterocycles. The van der Waals surface area contributed by atoms with E-state index in [0.29, 0.717) is 12.8 Å². The molecule has 2 unspecified atom stereocenters. The molecule has 0 amide bonds. The number of carbonyl (C=O) groups excluding carboxylic acids is 1. The Labute approximate surface area is 122 Å². The number of esters is 1. The van der Waals surface area contributed by atoms with E-state index in [1.165, 1.54) is 7.11 Å². The lowest BCUT2D eigenvalue weighted by Crippen LogP contribution is -2.17. The Morgan fingerprint density at radius 3 is 2.68 bits per heavy atom. The van der Waals surface area contributed by atoms with E-state index in [9.17, 15) is 4.79 Å². The average Bonchev–Trinajstić information content (AvgIpc) is 2.38. The minimum atomic E-state index is -0.207. The number of hydrogen-bond donors (Lipinski definition) is 1. The Bertz CT molecular complexity index is 437. The van der Waals surface area contributed by atoms with Gasteiger partial charge >= 0.3 is 5.97 Å². The number of halogens is 1. The van der Waals surface area contributed by atoms with Crippen molar-refractivity contribution in [2.24, 2.45) is 11.7 Å². The second-order valence-corrected chi connectivity index (χ2v) is 5.53. The number of benzene rings is 1. The molecule has 0 radical (unpaired) electrons. The molecule has 0 spiro atoms. The molecule has 1 aromatic rings. The van der Waals surface area contributed by atoms with Crippen molar-refractivity contribution in [1.29, 1.82) is 0 Å². The number of methoxy groups -OCH3 is 2. The van der Waals surface area contributed by atoms with Crippen molar-refractivity contribution in [3.05, 3.63) is 28.2 Å². The zero-order valence-electron chi connectivity index (χ0n) is 11.5. The highest BCUT2D eigenvalue weighted by Crippen LogP contribution is 2.31. The third kappa shape index (κ3) is 4.84. The standard InChI is InChI=1S/C14H20BrNO3/c1-9(7-14(17)19-3)6-12(16)11-8-10(15)4-5-13(11)18-2/h4-5,8-9,12H,6-7,16H2,1-3H3. The number of ether oxygens (including phenoxy) is 2. The van der Waals surface area contributed by atoms with E-state index in [2.05, 4.69) is 20.7 Å². The van der Waals surface area contributed by atoms with Crippen molar-refractivity contribution in [3.8, 4) is 5.75 Å². The Hall–Kier alpha value is -1.07. The summed E-state index contributed by atoms with van der Waals surface area (Å²) in [7, 11) is 3.02. The normalized spacial score (nSPS) is 13.7. The van der Waals surface area contributed by atoms with Crippen molar-refractivity contribution >= 4 is 21.9 Å². The monoisotopic (exact) mass is 329 g/mol. The third-order valence-electron chi connectivity index (χ3n) is 2.99. The first-order valence-electron chi connectivity index (χ1n) is 6.13. The third-order valence-corrected chi connectivity index (χ3v) is 3.48. The second kappa shape index (κ2) is 7.50. The summed E-state index contributed by atoms with van der Waals surface area (Å²) in [5.74, 6) is 0.716. The predicted molar refractivity (Wildman–Crippen MR) is 78.0 cm³/mol. The van der Waals surface area contributed by atoms with Crippen LogP contribution in [0.2, 0.25) is 0 Å². The summed E-state index contributed by atoms with van der Waals surface area (Å²) in [4.78, 5) is 11.2. The minimum absolute atomic E-state index is 0.158. The fourth-order valence-corrected chi connectivity index (χ4v) is 2.39. The Morgan fingerprint density at radius 2 is 2.11 bits per heavy atom. The van der Waals surface area contributed by atoms with E-state index >= 15 is 0 Å². The molecule has 0 saturated carbocycles. The molecule has 0 aromatic heterocycles. The largest absolute Gasteiger partial charge is 0.496 e. The molecule has 2 N–H and O–H groups in total. The van der Waals surface area contributed by atoms with Crippen molar-refractivity contribution in [2.75, 3.05) is 14.2 Å². The van der Waals surface area contributed by atoms with Gasteiger partial charge in [-0.15, -0.1) is 0 Å². The van der Waals surface area contributed by atoms with Crippen LogP contribution in [0.5, 0.6) is 5.75 Å². The number of rotatable bonds is 6. The first kappa shape index (κ1) is 16.0. The highest BCUT2D eigenvalue weighted by Gasteiger charge is 2.17. The quantitative estimate of drug-likeness (QED) is 0.815. The highest BCUT2D eigenvalue weighted by atomic mass is 79.9. The van der Waals surface area contributed by atoms with Gasteiger partial charge in [-0.25, -0.2) is 0 Å². The van der Waals surface area contributed by atoms with E-state index in [0.717, 1.165) is 15.8 Å². The summed E-state index contributed by atoms with van der Waals surface area (Å²) in [6.07, 6.45) is 1.07. The van der Waals surface area contributed by atoms with Gasteiger partial charge in [-0.2, -0.15) is 0 Å². The molecular weight excluding hydrogens is 310 g/mol. The maximum atomic E-state index is 11.2. The first-order chi connectivity index (χ1) is 8.97. The first-order valence-corrected chi connectivity index (χ1v) is 6.93. The summed E-state index contributed by atoms with van der Waals surface area (Å²) >= 11 is 3.43. The van der Waals surface area contributed by atoms with E-state index < -0.39 is 0 Å². The number of nitrogens with two attached hydrogens (primary N) is 1. The lowest BCUT2D eigenvalue weighted by molar-refractivity contribution is -0.141. The molecule has 0 heterocycles. The molecule has 4 nitrogen and oxygen atoms in total. The number of hydrogen-bond acceptors (Lipinski definition) is 4. The summed E-state index contributed by atoms with van der Waals surface area (Å²) < 4.78 is 10.9. The maximum absolute atomic E-state index is 11.2. The molecule has 0 aliphatic heterocycles. The highest BCUT2D eigenvalue weighted by molar-refractivity contribution is 9.10. The molecule has 1 rings (SSSR count). The van der Waals surface area contributed by atoms with Crippen LogP contribution in [0, 0.1) is 5.92 Å². The van der Waals surface area contributed by atoms with Gasteiger partial charge in [0.2, 0.25) is 0 Å². The zero-order valence-corrected chi connectivity index (χ0v) is 13.1. The van der Waals surface area contributed by atoms with Gasteiger partial charge in [-0.05, 0) is 30.5 Å². The van der Waals surface area contributed by atoms with Gasteiger partial charge in [0.25, 0.3) is 0 Å². The predicted octanol–water partition coefficient (Wildman–Crippen LogP) is 3.05. The zero-order chi connectivity index (χ0) is 14.4. The fourth-order valence-electron chi connectivity index (χ4n) is 2.01. The fraction of sp³-hybridized carbons (Fsp3) is 0.500. The van der Waals surface area contributed by atoms with Crippen molar-refractivity contribution in [3.63, 3.8) is 0 Å². The van der Waals surface area contributed by atoms with Gasteiger partial charge < -0.3 is 15.2 Å². The molecule has 5 heteroatoms. The molecular formula is C14H20BrNO3. The molecule has 0 bridgehead atoms. The topological polar surface area (TPSA) is 61.5 Å². The van der Waals surface area contributed by atoms with Gasteiger partial charge in [-0.1, -0.05) is 22.9 Å². The van der Waals surface area contributed by atoms with E-state index in [1.54, 1.807) is 7.11 Å². The smallest absolute Gasteiger partial charge is 0.305 e. The molecule has 1 aromatic carbocycles. The van der Waals surface area contributed by atoms with Gasteiger partial charge in [0.15, 0.2) is 0 Å². The van der Waals surface area contributed by atoms with Gasteiger partial charge in [0, 0.05) is 22.5 Å². The van der Waals surface area contributed by atoms with Crippen LogP contribution < -0.4 is 10.5 Å². The Balaban J connectivity index is 2.74. The van der Waals surface area contributed by atoms with Crippen LogP contribution in [0.4, 0.5) is 0 Å². The molecule has 0 aliphatic rings. The van der Waals surface area contributed by atoms with E-state index in [1.807, 2.05) is 25.1 Å². The van der Waals surface area contributed by atoms with Crippen LogP contribution in [0.15, 0.2) is 22.7 Å². The van der Waals surface area contributed by atoms with Crippen LogP contribution in [0.1, 0.15) is 31.4 Å². The van der Waals surface area contributed by atoms with Gasteiger partial charge in [-0.3, -0.25) is 4.79 Å². The van der Waals surface area contributed by atoms with Gasteiger partial charge in [0.05, 0.1) is 14.2 Å². The van der Waals surface area contributed by atoms with Crippen molar-refractivity contribution < 1.29 is 14.3 Å². The van der Waals surface area contributed by atoms with Crippen molar-refractivity contribution in [2.45, 2.75) is 25.8 Å². The van der Waals surface area contributed by atoms with Crippen LogP contribution in [-0.2, 0) is 9.53 Å². The van der Waals surface area contributed by atoms with Crippen LogP contribution in [-0.4, -0.2) is 20.2 Å². The lowest BCUT2D eigenvalue weighted by atomic mass is 9.94. The molecule has 0 aliphatic carbocycles. The Morgan fingerprint density at radius 1 is 1.42 bits per heavy atom. The summed E-state index contributed by atoms with van der Waals surface area (Å²) in [5.41, 5.74) is 7.14. The Kier molecular flexibility index (Phi) is 6.31. The summed E-state index contributed by atoms with van der Waals surface area (Å²) in [6.45, 7) is 1.99. The van der Waals surface area contributed by atoms with E-state index in [-0.39, 0.29) is 17.9 Å². The van der Waals surface area contributed by atoms with Gasteiger partial charge in [0.1, 0.15) is 5.75 Å². The number of carbonyl (C=O) groups is 1. The molecule has 0 fully saturated rings. The SMILES string of the molecule is COC(=O)CC(C)CC(N)c1cc(Br)ccc1OC. The molecule has 106 valence electrons. The van der Waals surface area contributed by atoms with Crippen molar-refractivity contribution in [1.82, 2.24) is 0 Å². The maximum Gasteiger partial charge on any atom is 0.305 e. The average molecular weight is 330 g/mol.